The van der Waals surface area contributed by atoms with Crippen molar-refractivity contribution in [1.29, 1.82) is 0 Å². The van der Waals surface area contributed by atoms with Gasteiger partial charge in [-0.3, -0.25) is 14.9 Å². The summed E-state index contributed by atoms with van der Waals surface area (Å²) in [5, 5.41) is 0. The van der Waals surface area contributed by atoms with Gasteiger partial charge in [0.25, 0.3) is 0 Å². The highest BCUT2D eigenvalue weighted by Crippen LogP contribution is 2.27. The molecule has 1 aliphatic heterocycles. The van der Waals surface area contributed by atoms with Gasteiger partial charge in [0.05, 0.1) is 30.1 Å². The first kappa shape index (κ1) is 15.9. The molecule has 0 aliphatic carbocycles. The van der Waals surface area contributed by atoms with E-state index in [9.17, 15) is 0 Å². The number of nitrogens with zero attached hydrogens (tertiary/aromatic N) is 6. The maximum absolute atomic E-state index is 4.88. The van der Waals surface area contributed by atoms with Crippen molar-refractivity contribution in [1.82, 2.24) is 29.4 Å². The number of rotatable bonds is 4. The highest BCUT2D eigenvalue weighted by Gasteiger charge is 2.23. The van der Waals surface area contributed by atoms with Crippen molar-refractivity contribution < 1.29 is 0 Å². The minimum Gasteiger partial charge on any atom is -0.332 e. The summed E-state index contributed by atoms with van der Waals surface area (Å²) in [6.45, 7) is 3.08. The summed E-state index contributed by atoms with van der Waals surface area (Å²) in [5.74, 6) is 0.422. The van der Waals surface area contributed by atoms with Crippen LogP contribution in [0.4, 0.5) is 0 Å². The van der Waals surface area contributed by atoms with E-state index in [1.165, 1.54) is 12.0 Å². The molecule has 3 aromatic heterocycles. The van der Waals surface area contributed by atoms with E-state index < -0.39 is 0 Å². The lowest BCUT2D eigenvalue weighted by atomic mass is 9.94. The molecule has 0 saturated carbocycles. The van der Waals surface area contributed by atoms with Crippen LogP contribution in [0.1, 0.15) is 30.0 Å². The SMILES string of the molecule is Cn1cncc1-c1cncc(C2CCCN(Cc3cccnc3)C2)n1. The lowest BCUT2D eigenvalue weighted by molar-refractivity contribution is 0.198. The Morgan fingerprint density at radius 1 is 1.12 bits per heavy atom. The van der Waals surface area contributed by atoms with Crippen molar-refractivity contribution in [2.24, 2.45) is 7.05 Å². The average Bonchev–Trinajstić information content (AvgIpc) is 3.09. The molecule has 25 heavy (non-hydrogen) atoms. The van der Waals surface area contributed by atoms with Crippen LogP contribution in [0.25, 0.3) is 11.4 Å². The zero-order chi connectivity index (χ0) is 17.1. The molecule has 1 saturated heterocycles. The number of aryl methyl sites for hydroxylation is 1. The summed E-state index contributed by atoms with van der Waals surface area (Å²) in [5.41, 5.74) is 4.23. The number of hydrogen-bond acceptors (Lipinski definition) is 5. The van der Waals surface area contributed by atoms with Gasteiger partial charge in [0, 0.05) is 44.6 Å². The molecule has 0 amide bonds. The average molecular weight is 334 g/mol. The number of hydrogen-bond donors (Lipinski definition) is 0. The lowest BCUT2D eigenvalue weighted by Crippen LogP contribution is -2.34. The van der Waals surface area contributed by atoms with Crippen LogP contribution in [0.5, 0.6) is 0 Å². The molecule has 4 heterocycles. The molecule has 128 valence electrons. The predicted molar refractivity (Wildman–Crippen MR) is 95.7 cm³/mol. The Labute approximate surface area is 147 Å². The van der Waals surface area contributed by atoms with Crippen molar-refractivity contribution in [3.8, 4) is 11.4 Å². The maximum atomic E-state index is 4.88. The second-order valence-corrected chi connectivity index (χ2v) is 6.65. The second-order valence-electron chi connectivity index (χ2n) is 6.65. The number of imidazole rings is 1. The third-order valence-corrected chi connectivity index (χ3v) is 4.79. The van der Waals surface area contributed by atoms with Crippen LogP contribution < -0.4 is 0 Å². The number of likely N-dealkylation sites (tertiary alicyclic amines) is 1. The molecule has 0 aromatic carbocycles. The summed E-state index contributed by atoms with van der Waals surface area (Å²) < 4.78 is 1.98. The van der Waals surface area contributed by atoms with Crippen LogP contribution in [0.2, 0.25) is 0 Å². The van der Waals surface area contributed by atoms with E-state index in [0.717, 1.165) is 43.1 Å². The summed E-state index contributed by atoms with van der Waals surface area (Å²) in [6.07, 6.45) is 13.5. The molecule has 4 rings (SSSR count). The molecule has 1 atom stereocenters. The van der Waals surface area contributed by atoms with E-state index in [1.54, 1.807) is 6.33 Å². The quantitative estimate of drug-likeness (QED) is 0.734. The Balaban J connectivity index is 1.51. The molecule has 1 aliphatic rings. The highest BCUT2D eigenvalue weighted by molar-refractivity contribution is 5.52. The minimum absolute atomic E-state index is 0.422. The first-order valence-corrected chi connectivity index (χ1v) is 8.69. The van der Waals surface area contributed by atoms with Crippen molar-refractivity contribution in [3.05, 3.63) is 60.7 Å². The van der Waals surface area contributed by atoms with Gasteiger partial charge >= 0.3 is 0 Å². The topological polar surface area (TPSA) is 59.7 Å². The fourth-order valence-electron chi connectivity index (χ4n) is 3.50. The molecule has 0 spiro atoms. The first-order chi connectivity index (χ1) is 12.3. The second kappa shape index (κ2) is 7.11. The number of aromatic nitrogens is 5. The molecule has 1 unspecified atom stereocenters. The molecule has 0 bridgehead atoms. The van der Waals surface area contributed by atoms with Gasteiger partial charge in [-0.25, -0.2) is 9.97 Å². The monoisotopic (exact) mass is 334 g/mol. The van der Waals surface area contributed by atoms with Gasteiger partial charge in [0.2, 0.25) is 0 Å². The first-order valence-electron chi connectivity index (χ1n) is 8.69. The van der Waals surface area contributed by atoms with Crippen LogP contribution in [0.3, 0.4) is 0 Å². The highest BCUT2D eigenvalue weighted by atomic mass is 15.1. The smallest absolute Gasteiger partial charge is 0.107 e. The van der Waals surface area contributed by atoms with E-state index in [4.69, 9.17) is 4.98 Å². The van der Waals surface area contributed by atoms with Crippen LogP contribution in [0.15, 0.2) is 49.4 Å². The maximum Gasteiger partial charge on any atom is 0.107 e. The van der Waals surface area contributed by atoms with Crippen molar-refractivity contribution in [2.75, 3.05) is 13.1 Å². The molecule has 0 radical (unpaired) electrons. The Bertz CT molecular complexity index is 829. The van der Waals surface area contributed by atoms with E-state index in [1.807, 2.05) is 48.7 Å². The van der Waals surface area contributed by atoms with Gasteiger partial charge in [0.1, 0.15) is 5.69 Å². The van der Waals surface area contributed by atoms with Crippen LogP contribution in [0, 0.1) is 0 Å². The van der Waals surface area contributed by atoms with Crippen LogP contribution in [-0.4, -0.2) is 42.5 Å². The zero-order valence-corrected chi connectivity index (χ0v) is 14.4. The summed E-state index contributed by atoms with van der Waals surface area (Å²) in [4.78, 5) is 20.2. The minimum atomic E-state index is 0.422. The molecular weight excluding hydrogens is 312 g/mol. The van der Waals surface area contributed by atoms with Crippen molar-refractivity contribution in [2.45, 2.75) is 25.3 Å². The number of pyridine rings is 1. The Hall–Kier alpha value is -2.60. The largest absolute Gasteiger partial charge is 0.332 e. The van der Waals surface area contributed by atoms with Gasteiger partial charge in [-0.05, 0) is 31.0 Å². The van der Waals surface area contributed by atoms with E-state index >= 15 is 0 Å². The van der Waals surface area contributed by atoms with Gasteiger partial charge in [0.15, 0.2) is 0 Å². The fourth-order valence-corrected chi connectivity index (χ4v) is 3.50. The normalized spacial score (nSPS) is 18.4. The van der Waals surface area contributed by atoms with Gasteiger partial charge in [-0.2, -0.15) is 0 Å². The van der Waals surface area contributed by atoms with Crippen molar-refractivity contribution >= 4 is 0 Å². The van der Waals surface area contributed by atoms with E-state index in [0.29, 0.717) is 5.92 Å². The van der Waals surface area contributed by atoms with Crippen molar-refractivity contribution in [3.63, 3.8) is 0 Å². The molecule has 0 N–H and O–H groups in total. The summed E-state index contributed by atoms with van der Waals surface area (Å²) >= 11 is 0. The fraction of sp³-hybridized carbons (Fsp3) is 0.368. The molecule has 6 heteroatoms. The predicted octanol–water partition coefficient (Wildman–Crippen LogP) is 2.65. The van der Waals surface area contributed by atoms with Gasteiger partial charge in [-0.15, -0.1) is 0 Å². The molecule has 3 aromatic rings. The van der Waals surface area contributed by atoms with Gasteiger partial charge < -0.3 is 4.57 Å². The van der Waals surface area contributed by atoms with Crippen LogP contribution >= 0.6 is 0 Å². The van der Waals surface area contributed by atoms with Gasteiger partial charge in [-0.1, -0.05) is 6.07 Å². The summed E-state index contributed by atoms with van der Waals surface area (Å²) in [7, 11) is 1.98. The number of piperidine rings is 1. The zero-order valence-electron chi connectivity index (χ0n) is 14.4. The Morgan fingerprint density at radius 2 is 2.08 bits per heavy atom. The lowest BCUT2D eigenvalue weighted by Gasteiger charge is -2.32. The van der Waals surface area contributed by atoms with E-state index in [2.05, 4.69) is 25.9 Å². The Morgan fingerprint density at radius 3 is 2.88 bits per heavy atom. The summed E-state index contributed by atoms with van der Waals surface area (Å²) in [6, 6.07) is 4.14. The Kier molecular flexibility index (Phi) is 4.52. The third-order valence-electron chi connectivity index (χ3n) is 4.79. The van der Waals surface area contributed by atoms with Crippen LogP contribution in [-0.2, 0) is 13.6 Å². The molecular formula is C19H22N6. The standard InChI is InChI=1S/C19H22N6/c1-24-14-22-11-19(24)18-10-21-9-17(23-18)16-5-3-7-25(13-16)12-15-4-2-6-20-8-15/h2,4,6,8-11,14,16H,3,5,7,12-13H2,1H3. The molecule has 1 fully saturated rings. The van der Waals surface area contributed by atoms with E-state index in [-0.39, 0.29) is 0 Å². The molecule has 6 nitrogen and oxygen atoms in total. The third kappa shape index (κ3) is 3.58.